The second-order valence-electron chi connectivity index (χ2n) is 4.92. The van der Waals surface area contributed by atoms with Gasteiger partial charge >= 0.3 is 0 Å². The largest absolute Gasteiger partial charge is 0.497 e. The maximum atomic E-state index is 13.9. The van der Waals surface area contributed by atoms with E-state index in [2.05, 4.69) is 5.32 Å². The number of nitrogens with one attached hydrogen (secondary N) is 1. The molecule has 0 fully saturated rings. The van der Waals surface area contributed by atoms with E-state index in [0.717, 1.165) is 17.9 Å². The van der Waals surface area contributed by atoms with Gasteiger partial charge in [0.05, 0.1) is 18.8 Å². The quantitative estimate of drug-likeness (QED) is 0.893. The van der Waals surface area contributed by atoms with Crippen molar-refractivity contribution in [3.63, 3.8) is 0 Å². The van der Waals surface area contributed by atoms with Gasteiger partial charge in [-0.3, -0.25) is 0 Å². The van der Waals surface area contributed by atoms with Gasteiger partial charge in [-0.25, -0.2) is 4.39 Å². The third-order valence-corrected chi connectivity index (χ3v) is 3.92. The van der Waals surface area contributed by atoms with E-state index in [9.17, 15) is 4.39 Å². The first kappa shape index (κ1) is 13.3. The van der Waals surface area contributed by atoms with E-state index in [0.29, 0.717) is 11.4 Å². The Balaban J connectivity index is 1.87. The minimum Gasteiger partial charge on any atom is -0.497 e. The number of rotatable bonds is 3. The summed E-state index contributed by atoms with van der Waals surface area (Å²) in [7, 11) is 1.57. The van der Waals surface area contributed by atoms with Crippen molar-refractivity contribution >= 4 is 17.3 Å². The summed E-state index contributed by atoms with van der Waals surface area (Å²) in [5.41, 5.74) is 2.90. The molecule has 0 heterocycles. The number of halogens is 2. The number of fused-ring (bicyclic) bond motifs is 1. The van der Waals surface area contributed by atoms with Gasteiger partial charge in [0.25, 0.3) is 0 Å². The number of anilines is 1. The second kappa shape index (κ2) is 5.33. The van der Waals surface area contributed by atoms with Crippen LogP contribution in [0.4, 0.5) is 10.1 Å². The van der Waals surface area contributed by atoms with Gasteiger partial charge in [0.1, 0.15) is 11.6 Å². The van der Waals surface area contributed by atoms with Gasteiger partial charge in [0.15, 0.2) is 0 Å². The molecule has 1 atom stereocenters. The predicted octanol–water partition coefficient (Wildman–Crippen LogP) is 4.59. The molecule has 1 aliphatic carbocycles. The third kappa shape index (κ3) is 2.46. The number of hydrogen-bond donors (Lipinski definition) is 1. The van der Waals surface area contributed by atoms with Crippen LogP contribution in [0.15, 0.2) is 36.4 Å². The SMILES string of the molecule is COc1ccc(F)c(NC2CCc3cc(Cl)ccc32)c1. The molecule has 0 radical (unpaired) electrons. The molecule has 0 aromatic heterocycles. The summed E-state index contributed by atoms with van der Waals surface area (Å²) in [5, 5.41) is 4.01. The predicted molar refractivity (Wildman–Crippen MR) is 79.1 cm³/mol. The fourth-order valence-corrected chi connectivity index (χ4v) is 2.86. The monoisotopic (exact) mass is 291 g/mol. The zero-order valence-electron chi connectivity index (χ0n) is 11.1. The van der Waals surface area contributed by atoms with Crippen LogP contribution in [0.5, 0.6) is 5.75 Å². The van der Waals surface area contributed by atoms with E-state index >= 15 is 0 Å². The van der Waals surface area contributed by atoms with E-state index < -0.39 is 0 Å². The van der Waals surface area contributed by atoms with E-state index in [1.165, 1.54) is 17.2 Å². The van der Waals surface area contributed by atoms with Gasteiger partial charge in [0, 0.05) is 11.1 Å². The third-order valence-electron chi connectivity index (χ3n) is 3.69. The van der Waals surface area contributed by atoms with Crippen molar-refractivity contribution in [2.24, 2.45) is 0 Å². The van der Waals surface area contributed by atoms with Gasteiger partial charge in [-0.2, -0.15) is 0 Å². The first-order valence-electron chi connectivity index (χ1n) is 6.56. The molecule has 0 amide bonds. The summed E-state index contributed by atoms with van der Waals surface area (Å²) in [5.74, 6) is 0.372. The molecule has 0 bridgehead atoms. The molecule has 104 valence electrons. The lowest BCUT2D eigenvalue weighted by Crippen LogP contribution is -2.08. The summed E-state index contributed by atoms with van der Waals surface area (Å²) < 4.78 is 19.0. The molecule has 2 aromatic carbocycles. The topological polar surface area (TPSA) is 21.3 Å². The highest BCUT2D eigenvalue weighted by atomic mass is 35.5. The summed E-state index contributed by atoms with van der Waals surface area (Å²) in [6.07, 6.45) is 1.89. The summed E-state index contributed by atoms with van der Waals surface area (Å²) in [6.45, 7) is 0. The van der Waals surface area contributed by atoms with Gasteiger partial charge < -0.3 is 10.1 Å². The molecule has 2 aromatic rings. The van der Waals surface area contributed by atoms with Crippen molar-refractivity contribution in [1.82, 2.24) is 0 Å². The minimum atomic E-state index is -0.270. The molecule has 0 spiro atoms. The fraction of sp³-hybridized carbons (Fsp3) is 0.250. The number of benzene rings is 2. The lowest BCUT2D eigenvalue weighted by Gasteiger charge is -2.17. The van der Waals surface area contributed by atoms with Crippen LogP contribution in [0.3, 0.4) is 0 Å². The molecule has 0 aliphatic heterocycles. The number of ether oxygens (including phenoxy) is 1. The lowest BCUT2D eigenvalue weighted by atomic mass is 10.1. The highest BCUT2D eigenvalue weighted by molar-refractivity contribution is 6.30. The fourth-order valence-electron chi connectivity index (χ4n) is 2.67. The lowest BCUT2D eigenvalue weighted by molar-refractivity contribution is 0.414. The van der Waals surface area contributed by atoms with E-state index in [1.807, 2.05) is 18.2 Å². The zero-order chi connectivity index (χ0) is 14.1. The Morgan fingerprint density at radius 3 is 2.90 bits per heavy atom. The molecule has 1 unspecified atom stereocenters. The smallest absolute Gasteiger partial charge is 0.146 e. The van der Waals surface area contributed by atoms with Crippen molar-refractivity contribution in [2.75, 3.05) is 12.4 Å². The average Bonchev–Trinajstić information content (AvgIpc) is 2.83. The molecule has 0 saturated carbocycles. The molecule has 4 heteroatoms. The zero-order valence-corrected chi connectivity index (χ0v) is 11.9. The molecule has 0 saturated heterocycles. The van der Waals surface area contributed by atoms with Crippen LogP contribution in [0.25, 0.3) is 0 Å². The Morgan fingerprint density at radius 1 is 1.25 bits per heavy atom. The van der Waals surface area contributed by atoms with Crippen molar-refractivity contribution in [1.29, 1.82) is 0 Å². The second-order valence-corrected chi connectivity index (χ2v) is 5.36. The average molecular weight is 292 g/mol. The van der Waals surface area contributed by atoms with Crippen molar-refractivity contribution in [2.45, 2.75) is 18.9 Å². The van der Waals surface area contributed by atoms with Crippen LogP contribution in [0.1, 0.15) is 23.6 Å². The molecule has 1 N–H and O–H groups in total. The maximum Gasteiger partial charge on any atom is 0.146 e. The van der Waals surface area contributed by atoms with Crippen LogP contribution in [-0.4, -0.2) is 7.11 Å². The summed E-state index contributed by atoms with van der Waals surface area (Å²) >= 11 is 6.00. The molecular weight excluding hydrogens is 277 g/mol. The number of hydrogen-bond acceptors (Lipinski definition) is 2. The Bertz CT molecular complexity index is 644. The Morgan fingerprint density at radius 2 is 2.10 bits per heavy atom. The van der Waals surface area contributed by atoms with Crippen molar-refractivity contribution in [3.8, 4) is 5.75 Å². The normalized spacial score (nSPS) is 16.9. The molecule has 2 nitrogen and oxygen atoms in total. The van der Waals surface area contributed by atoms with Crippen molar-refractivity contribution in [3.05, 3.63) is 58.4 Å². The van der Waals surface area contributed by atoms with Gasteiger partial charge in [-0.15, -0.1) is 0 Å². The first-order valence-corrected chi connectivity index (χ1v) is 6.93. The Labute approximate surface area is 122 Å². The van der Waals surface area contributed by atoms with Gasteiger partial charge in [0.2, 0.25) is 0 Å². The van der Waals surface area contributed by atoms with Crippen LogP contribution < -0.4 is 10.1 Å². The highest BCUT2D eigenvalue weighted by Gasteiger charge is 2.23. The summed E-state index contributed by atoms with van der Waals surface area (Å²) in [4.78, 5) is 0. The molecule has 1 aliphatic rings. The van der Waals surface area contributed by atoms with Crippen LogP contribution in [-0.2, 0) is 6.42 Å². The standard InChI is InChI=1S/C16H15ClFNO/c1-20-12-4-6-14(18)16(9-12)19-15-7-2-10-8-11(17)3-5-13(10)15/h3-6,8-9,15,19H,2,7H2,1H3. The molecule has 3 rings (SSSR count). The molecular formula is C16H15ClFNO. The van der Waals surface area contributed by atoms with Crippen LogP contribution >= 0.6 is 11.6 Å². The Hall–Kier alpha value is -1.74. The number of aryl methyl sites for hydroxylation is 1. The maximum absolute atomic E-state index is 13.9. The highest BCUT2D eigenvalue weighted by Crippen LogP contribution is 2.36. The molecule has 20 heavy (non-hydrogen) atoms. The van der Waals surface area contributed by atoms with E-state index in [4.69, 9.17) is 16.3 Å². The van der Waals surface area contributed by atoms with Gasteiger partial charge in [-0.05, 0) is 48.2 Å². The minimum absolute atomic E-state index is 0.115. The Kier molecular flexibility index (Phi) is 3.53. The van der Waals surface area contributed by atoms with Crippen LogP contribution in [0.2, 0.25) is 5.02 Å². The first-order chi connectivity index (χ1) is 9.67. The van der Waals surface area contributed by atoms with E-state index in [1.54, 1.807) is 19.2 Å². The van der Waals surface area contributed by atoms with Crippen molar-refractivity contribution < 1.29 is 9.13 Å². The number of methoxy groups -OCH3 is 1. The van der Waals surface area contributed by atoms with Gasteiger partial charge in [-0.1, -0.05) is 17.7 Å². The van der Waals surface area contributed by atoms with E-state index in [-0.39, 0.29) is 11.9 Å². The summed E-state index contributed by atoms with van der Waals surface area (Å²) in [6, 6.07) is 10.7. The van der Waals surface area contributed by atoms with Crippen LogP contribution in [0, 0.1) is 5.82 Å².